The van der Waals surface area contributed by atoms with Gasteiger partial charge in [-0.25, -0.2) is 4.98 Å². The molecule has 0 aromatic carbocycles. The molecule has 0 saturated carbocycles. The molecule has 1 rings (SSSR count). The Morgan fingerprint density at radius 3 is 2.89 bits per heavy atom. The van der Waals surface area contributed by atoms with Gasteiger partial charge in [-0.1, -0.05) is 13.3 Å². The van der Waals surface area contributed by atoms with Gasteiger partial charge in [0.2, 0.25) is 0 Å². The smallest absolute Gasteiger partial charge is 0.0896 e. The summed E-state index contributed by atoms with van der Waals surface area (Å²) in [6.07, 6.45) is 4.39. The summed E-state index contributed by atoms with van der Waals surface area (Å²) in [5.41, 5.74) is 0. The van der Waals surface area contributed by atoms with Crippen LogP contribution >= 0.6 is 11.3 Å². The Morgan fingerprint density at radius 1 is 1.67 bits per heavy atom. The molecule has 9 heavy (non-hydrogen) atoms. The average molecular weight is 141 g/mol. The maximum Gasteiger partial charge on any atom is 0.0896 e. The summed E-state index contributed by atoms with van der Waals surface area (Å²) in [7, 11) is 0. The average Bonchev–Trinajstić information content (AvgIpc) is 2.17. The third-order valence-electron chi connectivity index (χ3n) is 1.17. The third kappa shape index (κ3) is 1.79. The van der Waals surface area contributed by atoms with Gasteiger partial charge in [0, 0.05) is 11.1 Å². The van der Waals surface area contributed by atoms with Crippen LogP contribution in [0, 0.1) is 6.92 Å². The minimum absolute atomic E-state index is 1.18. The molecular weight excluding hydrogens is 130 g/mol. The molecule has 0 amide bonds. The minimum Gasteiger partial charge on any atom is -0.250 e. The molecule has 0 aliphatic rings. The molecule has 1 aromatic heterocycles. The topological polar surface area (TPSA) is 12.9 Å². The molecule has 0 atom stereocenters. The Bertz CT molecular complexity index is 181. The van der Waals surface area contributed by atoms with Crippen molar-refractivity contribution in [3.05, 3.63) is 16.1 Å². The number of thiazole rings is 1. The van der Waals surface area contributed by atoms with Gasteiger partial charge >= 0.3 is 0 Å². The monoisotopic (exact) mass is 141 g/mol. The van der Waals surface area contributed by atoms with Crippen molar-refractivity contribution in [2.45, 2.75) is 26.7 Å². The van der Waals surface area contributed by atoms with Crippen LogP contribution in [-0.4, -0.2) is 4.98 Å². The second-order valence-corrected chi connectivity index (χ2v) is 3.41. The zero-order chi connectivity index (χ0) is 6.69. The van der Waals surface area contributed by atoms with E-state index in [1.165, 1.54) is 22.7 Å². The first-order valence-corrected chi connectivity index (χ1v) is 4.06. The molecule has 0 unspecified atom stereocenters. The van der Waals surface area contributed by atoms with Crippen LogP contribution in [0.2, 0.25) is 0 Å². The lowest BCUT2D eigenvalue weighted by atomic mass is 10.3. The fourth-order valence-electron chi connectivity index (χ4n) is 0.767. The van der Waals surface area contributed by atoms with Gasteiger partial charge in [0.15, 0.2) is 0 Å². The first-order valence-electron chi connectivity index (χ1n) is 3.24. The second-order valence-electron chi connectivity index (χ2n) is 2.10. The van der Waals surface area contributed by atoms with Gasteiger partial charge in [-0.15, -0.1) is 11.3 Å². The molecule has 2 heteroatoms. The number of hydrogen-bond donors (Lipinski definition) is 0. The summed E-state index contributed by atoms with van der Waals surface area (Å²) in [6.45, 7) is 4.23. The standard InChI is InChI=1S/C7H11NS/c1-3-4-7-5-8-6(2)9-7/h5H,3-4H2,1-2H3. The van der Waals surface area contributed by atoms with Crippen molar-refractivity contribution in [1.82, 2.24) is 4.98 Å². The van der Waals surface area contributed by atoms with E-state index in [9.17, 15) is 0 Å². The molecule has 1 heterocycles. The largest absolute Gasteiger partial charge is 0.250 e. The number of hydrogen-bond acceptors (Lipinski definition) is 2. The Hall–Kier alpha value is -0.370. The van der Waals surface area contributed by atoms with Gasteiger partial charge in [-0.2, -0.15) is 0 Å². The highest BCUT2D eigenvalue weighted by Crippen LogP contribution is 2.12. The van der Waals surface area contributed by atoms with E-state index in [-0.39, 0.29) is 0 Å². The fourth-order valence-corrected chi connectivity index (χ4v) is 1.66. The number of aryl methyl sites for hydroxylation is 2. The highest BCUT2D eigenvalue weighted by molar-refractivity contribution is 7.11. The van der Waals surface area contributed by atoms with Crippen molar-refractivity contribution in [1.29, 1.82) is 0 Å². The maximum absolute atomic E-state index is 4.15. The molecule has 0 radical (unpaired) electrons. The number of nitrogens with zero attached hydrogens (tertiary/aromatic N) is 1. The Morgan fingerprint density at radius 2 is 2.44 bits per heavy atom. The third-order valence-corrected chi connectivity index (χ3v) is 2.14. The van der Waals surface area contributed by atoms with Crippen LogP contribution in [0.25, 0.3) is 0 Å². The summed E-state index contributed by atoms with van der Waals surface area (Å²) in [4.78, 5) is 5.57. The molecule has 0 aliphatic carbocycles. The predicted octanol–water partition coefficient (Wildman–Crippen LogP) is 2.40. The van der Waals surface area contributed by atoms with E-state index < -0.39 is 0 Å². The summed E-state index contributed by atoms with van der Waals surface area (Å²) in [5, 5.41) is 1.18. The highest BCUT2D eigenvalue weighted by atomic mass is 32.1. The lowest BCUT2D eigenvalue weighted by Crippen LogP contribution is -1.72. The van der Waals surface area contributed by atoms with E-state index in [0.717, 1.165) is 0 Å². The first-order chi connectivity index (χ1) is 4.33. The van der Waals surface area contributed by atoms with Gasteiger partial charge < -0.3 is 0 Å². The molecule has 0 fully saturated rings. The van der Waals surface area contributed by atoms with Gasteiger partial charge in [0.1, 0.15) is 0 Å². The lowest BCUT2D eigenvalue weighted by molar-refractivity contribution is 0.936. The molecule has 1 nitrogen and oxygen atoms in total. The van der Waals surface area contributed by atoms with E-state index >= 15 is 0 Å². The zero-order valence-corrected chi connectivity index (χ0v) is 6.66. The van der Waals surface area contributed by atoms with Crippen molar-refractivity contribution in [2.75, 3.05) is 0 Å². The van der Waals surface area contributed by atoms with Crippen molar-refractivity contribution in [3.8, 4) is 0 Å². The van der Waals surface area contributed by atoms with Crippen LogP contribution in [0.5, 0.6) is 0 Å². The van der Waals surface area contributed by atoms with Crippen LogP contribution < -0.4 is 0 Å². The predicted molar refractivity (Wildman–Crippen MR) is 40.8 cm³/mol. The summed E-state index contributed by atoms with van der Waals surface area (Å²) >= 11 is 1.80. The van der Waals surface area contributed by atoms with Gasteiger partial charge in [0.25, 0.3) is 0 Å². The van der Waals surface area contributed by atoms with Crippen molar-refractivity contribution >= 4 is 11.3 Å². The molecule has 0 aliphatic heterocycles. The van der Waals surface area contributed by atoms with Crippen molar-refractivity contribution in [2.24, 2.45) is 0 Å². The molecule has 0 saturated heterocycles. The van der Waals surface area contributed by atoms with Crippen LogP contribution in [0.3, 0.4) is 0 Å². The van der Waals surface area contributed by atoms with Crippen LogP contribution in [0.1, 0.15) is 23.2 Å². The van der Waals surface area contributed by atoms with Crippen molar-refractivity contribution in [3.63, 3.8) is 0 Å². The zero-order valence-electron chi connectivity index (χ0n) is 5.85. The van der Waals surface area contributed by atoms with E-state index in [0.29, 0.717) is 0 Å². The molecule has 1 aromatic rings. The van der Waals surface area contributed by atoms with Gasteiger partial charge in [0.05, 0.1) is 5.01 Å². The van der Waals surface area contributed by atoms with E-state index in [1.807, 2.05) is 13.1 Å². The Kier molecular flexibility index (Phi) is 2.22. The summed E-state index contributed by atoms with van der Waals surface area (Å²) < 4.78 is 0. The fraction of sp³-hybridized carbons (Fsp3) is 0.571. The normalized spacial score (nSPS) is 10.0. The summed E-state index contributed by atoms with van der Waals surface area (Å²) in [6, 6.07) is 0. The van der Waals surface area contributed by atoms with Crippen LogP contribution in [-0.2, 0) is 6.42 Å². The first kappa shape index (κ1) is 6.75. The van der Waals surface area contributed by atoms with Crippen LogP contribution in [0.4, 0.5) is 0 Å². The lowest BCUT2D eigenvalue weighted by Gasteiger charge is -1.85. The Balaban J connectivity index is 2.61. The minimum atomic E-state index is 1.18. The quantitative estimate of drug-likeness (QED) is 0.616. The number of aromatic nitrogens is 1. The highest BCUT2D eigenvalue weighted by Gasteiger charge is 1.93. The van der Waals surface area contributed by atoms with E-state index in [1.54, 1.807) is 11.3 Å². The summed E-state index contributed by atoms with van der Waals surface area (Å²) in [5.74, 6) is 0. The molecule has 0 spiro atoms. The second kappa shape index (κ2) is 2.97. The van der Waals surface area contributed by atoms with Gasteiger partial charge in [-0.05, 0) is 13.3 Å². The van der Waals surface area contributed by atoms with Crippen LogP contribution in [0.15, 0.2) is 6.20 Å². The molecule has 0 N–H and O–H groups in total. The molecular formula is C7H11NS. The molecule has 50 valence electrons. The maximum atomic E-state index is 4.15. The molecule has 0 bridgehead atoms. The Labute approximate surface area is 59.8 Å². The SMILES string of the molecule is CCCc1cnc(C)s1. The number of rotatable bonds is 2. The van der Waals surface area contributed by atoms with Crippen molar-refractivity contribution < 1.29 is 0 Å². The van der Waals surface area contributed by atoms with E-state index in [2.05, 4.69) is 11.9 Å². The van der Waals surface area contributed by atoms with E-state index in [4.69, 9.17) is 0 Å². The van der Waals surface area contributed by atoms with Gasteiger partial charge in [-0.3, -0.25) is 0 Å².